The first-order valence-electron chi connectivity index (χ1n) is 7.38. The SMILES string of the molecule is CCCCC1CCC(C(O)c2ccn(C)n2)CC1. The number of nitrogens with zero attached hydrogens (tertiary/aromatic N) is 2. The van der Waals surface area contributed by atoms with Crippen LogP contribution in [0, 0.1) is 11.8 Å². The van der Waals surface area contributed by atoms with Crippen molar-refractivity contribution in [2.75, 3.05) is 0 Å². The molecular weight excluding hydrogens is 224 g/mol. The maximum atomic E-state index is 10.3. The van der Waals surface area contributed by atoms with E-state index in [-0.39, 0.29) is 6.10 Å². The van der Waals surface area contributed by atoms with E-state index in [0.717, 1.165) is 24.5 Å². The molecule has 1 heterocycles. The zero-order valence-electron chi connectivity index (χ0n) is 11.7. The van der Waals surface area contributed by atoms with Crippen molar-refractivity contribution >= 4 is 0 Å². The lowest BCUT2D eigenvalue weighted by Gasteiger charge is -2.30. The van der Waals surface area contributed by atoms with E-state index in [9.17, 15) is 5.11 Å². The Morgan fingerprint density at radius 3 is 2.67 bits per heavy atom. The molecule has 0 aromatic carbocycles. The summed E-state index contributed by atoms with van der Waals surface area (Å²) >= 11 is 0. The van der Waals surface area contributed by atoms with E-state index < -0.39 is 0 Å². The fraction of sp³-hybridized carbons (Fsp3) is 0.800. The number of aryl methyl sites for hydroxylation is 1. The largest absolute Gasteiger partial charge is 0.386 e. The van der Waals surface area contributed by atoms with Gasteiger partial charge in [0.05, 0.1) is 5.69 Å². The Morgan fingerprint density at radius 1 is 1.39 bits per heavy atom. The number of aliphatic hydroxyl groups is 1. The number of hydrogen-bond acceptors (Lipinski definition) is 2. The van der Waals surface area contributed by atoms with E-state index >= 15 is 0 Å². The molecule has 1 N–H and O–H groups in total. The molecule has 1 saturated carbocycles. The van der Waals surface area contributed by atoms with Gasteiger partial charge < -0.3 is 5.11 Å². The lowest BCUT2D eigenvalue weighted by Crippen LogP contribution is -2.21. The van der Waals surface area contributed by atoms with Gasteiger partial charge in [0.2, 0.25) is 0 Å². The second-order valence-electron chi connectivity index (χ2n) is 5.78. The number of hydrogen-bond donors (Lipinski definition) is 1. The van der Waals surface area contributed by atoms with E-state index in [2.05, 4.69) is 12.0 Å². The predicted octanol–water partition coefficient (Wildman–Crippen LogP) is 3.45. The molecular formula is C15H26N2O. The molecule has 1 aromatic heterocycles. The highest BCUT2D eigenvalue weighted by Gasteiger charge is 2.28. The number of rotatable bonds is 5. The van der Waals surface area contributed by atoms with Gasteiger partial charge in [-0.05, 0) is 30.7 Å². The van der Waals surface area contributed by atoms with E-state index in [1.54, 1.807) is 4.68 Å². The van der Waals surface area contributed by atoms with Crippen LogP contribution in [0.1, 0.15) is 63.7 Å². The molecule has 1 unspecified atom stereocenters. The van der Waals surface area contributed by atoms with Crippen LogP contribution in [-0.4, -0.2) is 14.9 Å². The lowest BCUT2D eigenvalue weighted by atomic mass is 9.77. The van der Waals surface area contributed by atoms with Gasteiger partial charge in [-0.25, -0.2) is 0 Å². The topological polar surface area (TPSA) is 38.0 Å². The highest BCUT2D eigenvalue weighted by molar-refractivity contribution is 5.04. The molecule has 0 spiro atoms. The van der Waals surface area contributed by atoms with Gasteiger partial charge >= 0.3 is 0 Å². The molecule has 0 saturated heterocycles. The highest BCUT2D eigenvalue weighted by atomic mass is 16.3. The summed E-state index contributed by atoms with van der Waals surface area (Å²) < 4.78 is 1.77. The molecule has 0 bridgehead atoms. The third-order valence-electron chi connectivity index (χ3n) is 4.34. The van der Waals surface area contributed by atoms with E-state index in [4.69, 9.17) is 0 Å². The van der Waals surface area contributed by atoms with Crippen molar-refractivity contribution < 1.29 is 5.11 Å². The lowest BCUT2D eigenvalue weighted by molar-refractivity contribution is 0.0682. The van der Waals surface area contributed by atoms with Gasteiger partial charge in [0, 0.05) is 13.2 Å². The first kappa shape index (κ1) is 13.6. The molecule has 1 atom stereocenters. The smallest absolute Gasteiger partial charge is 0.101 e. The van der Waals surface area contributed by atoms with Crippen LogP contribution in [0.3, 0.4) is 0 Å². The Hall–Kier alpha value is -0.830. The second-order valence-corrected chi connectivity index (χ2v) is 5.78. The van der Waals surface area contributed by atoms with Crippen molar-refractivity contribution in [2.45, 2.75) is 58.0 Å². The van der Waals surface area contributed by atoms with Gasteiger partial charge in [0.15, 0.2) is 0 Å². The molecule has 1 aliphatic rings. The van der Waals surface area contributed by atoms with Crippen LogP contribution in [0.15, 0.2) is 12.3 Å². The van der Waals surface area contributed by atoms with Crippen molar-refractivity contribution in [3.05, 3.63) is 18.0 Å². The summed E-state index contributed by atoms with van der Waals surface area (Å²) in [6.07, 6.45) is 10.5. The van der Waals surface area contributed by atoms with Crippen molar-refractivity contribution in [3.8, 4) is 0 Å². The zero-order valence-corrected chi connectivity index (χ0v) is 11.7. The molecule has 1 fully saturated rings. The van der Waals surface area contributed by atoms with Crippen LogP contribution >= 0.6 is 0 Å². The summed E-state index contributed by atoms with van der Waals surface area (Å²) in [6, 6.07) is 1.94. The number of aromatic nitrogens is 2. The molecule has 3 nitrogen and oxygen atoms in total. The summed E-state index contributed by atoms with van der Waals surface area (Å²) in [6.45, 7) is 2.26. The summed E-state index contributed by atoms with van der Waals surface area (Å²) in [5.74, 6) is 1.31. The maximum Gasteiger partial charge on any atom is 0.101 e. The Bertz CT molecular complexity index is 353. The third-order valence-corrected chi connectivity index (χ3v) is 4.34. The first-order valence-corrected chi connectivity index (χ1v) is 7.38. The van der Waals surface area contributed by atoms with Gasteiger partial charge in [-0.1, -0.05) is 39.0 Å². The Kier molecular flexibility index (Phi) is 4.81. The minimum absolute atomic E-state index is 0.363. The van der Waals surface area contributed by atoms with Crippen LogP contribution in [0.25, 0.3) is 0 Å². The predicted molar refractivity (Wildman–Crippen MR) is 73.1 cm³/mol. The summed E-state index contributed by atoms with van der Waals surface area (Å²) in [4.78, 5) is 0. The van der Waals surface area contributed by atoms with Gasteiger partial charge in [-0.15, -0.1) is 0 Å². The quantitative estimate of drug-likeness (QED) is 0.869. The molecule has 2 rings (SSSR count). The number of aliphatic hydroxyl groups excluding tert-OH is 1. The van der Waals surface area contributed by atoms with Crippen molar-refractivity contribution in [2.24, 2.45) is 18.9 Å². The molecule has 0 radical (unpaired) electrons. The summed E-state index contributed by atoms with van der Waals surface area (Å²) in [5.41, 5.74) is 0.842. The van der Waals surface area contributed by atoms with Crippen molar-refractivity contribution in [1.82, 2.24) is 9.78 Å². The van der Waals surface area contributed by atoms with Crippen LogP contribution in [-0.2, 0) is 7.05 Å². The average Bonchev–Trinajstić information content (AvgIpc) is 2.83. The fourth-order valence-electron chi connectivity index (χ4n) is 3.12. The molecule has 0 amide bonds. The molecule has 3 heteroatoms. The minimum Gasteiger partial charge on any atom is -0.386 e. The van der Waals surface area contributed by atoms with E-state index in [1.807, 2.05) is 19.3 Å². The highest BCUT2D eigenvalue weighted by Crippen LogP contribution is 2.37. The van der Waals surface area contributed by atoms with Gasteiger partial charge in [-0.2, -0.15) is 5.10 Å². The van der Waals surface area contributed by atoms with Crippen LogP contribution in [0.2, 0.25) is 0 Å². The average molecular weight is 250 g/mol. The van der Waals surface area contributed by atoms with Gasteiger partial charge in [0.1, 0.15) is 6.10 Å². The Balaban J connectivity index is 1.82. The Morgan fingerprint density at radius 2 is 2.11 bits per heavy atom. The maximum absolute atomic E-state index is 10.3. The third kappa shape index (κ3) is 3.35. The zero-order chi connectivity index (χ0) is 13.0. The molecule has 0 aliphatic heterocycles. The number of unbranched alkanes of at least 4 members (excludes halogenated alkanes) is 1. The first-order chi connectivity index (χ1) is 8.70. The fourth-order valence-corrected chi connectivity index (χ4v) is 3.12. The minimum atomic E-state index is -0.363. The second kappa shape index (κ2) is 6.37. The van der Waals surface area contributed by atoms with Crippen LogP contribution in [0.5, 0.6) is 0 Å². The van der Waals surface area contributed by atoms with E-state index in [1.165, 1.54) is 32.1 Å². The normalized spacial score (nSPS) is 26.2. The van der Waals surface area contributed by atoms with Gasteiger partial charge in [-0.3, -0.25) is 4.68 Å². The van der Waals surface area contributed by atoms with Crippen molar-refractivity contribution in [3.63, 3.8) is 0 Å². The van der Waals surface area contributed by atoms with Crippen molar-refractivity contribution in [1.29, 1.82) is 0 Å². The molecule has 102 valence electrons. The summed E-state index contributed by atoms with van der Waals surface area (Å²) in [5, 5.41) is 14.7. The van der Waals surface area contributed by atoms with Crippen LogP contribution < -0.4 is 0 Å². The van der Waals surface area contributed by atoms with Gasteiger partial charge in [0.25, 0.3) is 0 Å². The molecule has 18 heavy (non-hydrogen) atoms. The summed E-state index contributed by atoms with van der Waals surface area (Å²) in [7, 11) is 1.90. The monoisotopic (exact) mass is 250 g/mol. The Labute approximate surface area is 110 Å². The molecule has 1 aromatic rings. The molecule has 1 aliphatic carbocycles. The van der Waals surface area contributed by atoms with E-state index in [0.29, 0.717) is 5.92 Å². The van der Waals surface area contributed by atoms with Crippen LogP contribution in [0.4, 0.5) is 0 Å². The standard InChI is InChI=1S/C15H26N2O/c1-3-4-5-12-6-8-13(9-7-12)15(18)14-10-11-17(2)16-14/h10-13,15,18H,3-9H2,1-2H3.